The van der Waals surface area contributed by atoms with Crippen LogP contribution in [0.4, 0.5) is 0 Å². The minimum Gasteiger partial charge on any atom is -0.492 e. The first-order valence-corrected chi connectivity index (χ1v) is 9.50. The van der Waals surface area contributed by atoms with Crippen LogP contribution in [0.2, 0.25) is 0 Å². The Hall–Kier alpha value is -1.86. The number of aromatic nitrogens is 2. The molecule has 1 aromatic carbocycles. The summed E-state index contributed by atoms with van der Waals surface area (Å²) in [6, 6.07) is 6.55. The van der Waals surface area contributed by atoms with Gasteiger partial charge in [0.05, 0.1) is 11.1 Å². The summed E-state index contributed by atoms with van der Waals surface area (Å²) in [5, 5.41) is 7.18. The van der Waals surface area contributed by atoms with E-state index < -0.39 is 9.84 Å². The maximum absolute atomic E-state index is 11.4. The quantitative estimate of drug-likeness (QED) is 0.902. The van der Waals surface area contributed by atoms with Gasteiger partial charge in [0.2, 0.25) is 0 Å². The van der Waals surface area contributed by atoms with Crippen molar-refractivity contribution in [3.05, 3.63) is 41.7 Å². The molecule has 0 aliphatic carbocycles. The predicted octanol–water partition coefficient (Wildman–Crippen LogP) is 1.81. The first-order chi connectivity index (χ1) is 10.9. The van der Waals surface area contributed by atoms with Crippen LogP contribution >= 0.6 is 0 Å². The van der Waals surface area contributed by atoms with Gasteiger partial charge in [-0.1, -0.05) is 6.92 Å². The molecule has 6 nitrogen and oxygen atoms in total. The molecule has 0 saturated heterocycles. The van der Waals surface area contributed by atoms with Crippen molar-refractivity contribution in [1.29, 1.82) is 0 Å². The Labute approximate surface area is 136 Å². The Morgan fingerprint density at radius 2 is 2.09 bits per heavy atom. The number of rotatable bonds is 5. The van der Waals surface area contributed by atoms with Gasteiger partial charge in [-0.25, -0.2) is 8.42 Å². The third kappa shape index (κ3) is 3.73. The molecule has 0 bridgehead atoms. The largest absolute Gasteiger partial charge is 0.492 e. The van der Waals surface area contributed by atoms with E-state index in [9.17, 15) is 8.42 Å². The number of hydrogen-bond acceptors (Lipinski definition) is 5. The van der Waals surface area contributed by atoms with E-state index in [2.05, 4.69) is 22.0 Å². The van der Waals surface area contributed by atoms with Gasteiger partial charge in [0.25, 0.3) is 0 Å². The number of ether oxygens (including phenoxy) is 1. The van der Waals surface area contributed by atoms with Gasteiger partial charge in [-0.15, -0.1) is 0 Å². The summed E-state index contributed by atoms with van der Waals surface area (Å²) in [6.07, 6.45) is 3.09. The van der Waals surface area contributed by atoms with Crippen molar-refractivity contribution in [3.8, 4) is 5.75 Å². The fourth-order valence-electron chi connectivity index (χ4n) is 2.90. The zero-order chi connectivity index (χ0) is 16.4. The lowest BCUT2D eigenvalue weighted by Gasteiger charge is -2.30. The summed E-state index contributed by atoms with van der Waals surface area (Å²) in [5.41, 5.74) is 2.49. The van der Waals surface area contributed by atoms with Crippen molar-refractivity contribution in [2.75, 3.05) is 26.0 Å². The lowest BCUT2D eigenvalue weighted by atomic mass is 9.99. The second-order valence-corrected chi connectivity index (χ2v) is 8.05. The van der Waals surface area contributed by atoms with Gasteiger partial charge in [0.15, 0.2) is 9.84 Å². The molecular formula is C16H21N3O3S. The van der Waals surface area contributed by atoms with Crippen molar-refractivity contribution in [2.45, 2.75) is 24.3 Å². The monoisotopic (exact) mass is 335 g/mol. The third-order valence-corrected chi connectivity index (χ3v) is 5.23. The summed E-state index contributed by atoms with van der Waals surface area (Å²) < 4.78 is 28.6. The van der Waals surface area contributed by atoms with Crippen LogP contribution in [0.15, 0.2) is 35.4 Å². The van der Waals surface area contributed by atoms with Crippen LogP contribution in [-0.2, 0) is 16.4 Å². The van der Waals surface area contributed by atoms with Gasteiger partial charge >= 0.3 is 0 Å². The molecule has 7 heteroatoms. The average Bonchev–Trinajstić information content (AvgIpc) is 2.96. The Balaban J connectivity index is 1.52. The zero-order valence-electron chi connectivity index (χ0n) is 13.3. The molecule has 1 N–H and O–H groups in total. The number of nitrogens with one attached hydrogen (secondary N) is 1. The molecule has 1 aromatic heterocycles. The van der Waals surface area contributed by atoms with Crippen LogP contribution in [0.5, 0.6) is 5.75 Å². The molecule has 0 saturated carbocycles. The first-order valence-electron chi connectivity index (χ1n) is 7.61. The standard InChI is InChI=1S/C16H21N3O3S/c1-12-10-19(11-13-9-17-18-16(12)13)7-8-22-14-3-5-15(6-4-14)23(2,20)21/h3-6,9,12H,7-8,10-11H2,1-2H3,(H,17,18). The first kappa shape index (κ1) is 16.0. The summed E-state index contributed by atoms with van der Waals surface area (Å²) in [7, 11) is -3.16. The Bertz CT molecular complexity index is 768. The van der Waals surface area contributed by atoms with Gasteiger partial charge in [0.1, 0.15) is 12.4 Å². The lowest BCUT2D eigenvalue weighted by Crippen LogP contribution is -2.35. The minimum absolute atomic E-state index is 0.308. The second-order valence-electron chi connectivity index (χ2n) is 6.04. The van der Waals surface area contributed by atoms with E-state index >= 15 is 0 Å². The fraction of sp³-hybridized carbons (Fsp3) is 0.438. The van der Waals surface area contributed by atoms with Gasteiger partial charge in [-0.2, -0.15) is 5.10 Å². The van der Waals surface area contributed by atoms with Crippen LogP contribution in [0, 0.1) is 0 Å². The number of sulfone groups is 1. The van der Waals surface area contributed by atoms with Crippen LogP contribution in [0.3, 0.4) is 0 Å². The number of fused-ring (bicyclic) bond motifs is 1. The average molecular weight is 335 g/mol. The molecular weight excluding hydrogens is 314 g/mol. The molecule has 2 heterocycles. The van der Waals surface area contributed by atoms with Gasteiger partial charge in [0, 0.05) is 43.1 Å². The summed E-state index contributed by atoms with van der Waals surface area (Å²) in [6.45, 7) is 5.44. The topological polar surface area (TPSA) is 75.3 Å². The van der Waals surface area contributed by atoms with E-state index in [1.807, 2.05) is 6.20 Å². The van der Waals surface area contributed by atoms with Crippen molar-refractivity contribution < 1.29 is 13.2 Å². The van der Waals surface area contributed by atoms with Crippen molar-refractivity contribution in [3.63, 3.8) is 0 Å². The van der Waals surface area contributed by atoms with Crippen LogP contribution in [0.25, 0.3) is 0 Å². The van der Waals surface area contributed by atoms with Gasteiger partial charge in [-0.05, 0) is 24.3 Å². The van der Waals surface area contributed by atoms with Crippen molar-refractivity contribution >= 4 is 9.84 Å². The normalized spacial score (nSPS) is 18.6. The molecule has 0 spiro atoms. The molecule has 23 heavy (non-hydrogen) atoms. The molecule has 1 aliphatic heterocycles. The third-order valence-electron chi connectivity index (χ3n) is 4.10. The molecule has 0 radical (unpaired) electrons. The molecule has 3 rings (SSSR count). The Morgan fingerprint density at radius 1 is 1.35 bits per heavy atom. The van der Waals surface area contributed by atoms with E-state index in [1.54, 1.807) is 24.3 Å². The molecule has 0 amide bonds. The van der Waals surface area contributed by atoms with Gasteiger partial charge in [-0.3, -0.25) is 10.00 Å². The highest BCUT2D eigenvalue weighted by Gasteiger charge is 2.23. The van der Waals surface area contributed by atoms with Crippen molar-refractivity contribution in [2.24, 2.45) is 0 Å². The number of hydrogen-bond donors (Lipinski definition) is 1. The molecule has 2 aromatic rings. The number of benzene rings is 1. The van der Waals surface area contributed by atoms with E-state index in [4.69, 9.17) is 4.74 Å². The maximum Gasteiger partial charge on any atom is 0.175 e. The SMILES string of the molecule is CC1CN(CCOc2ccc(S(C)(=O)=O)cc2)Cc2cn[nH]c21. The Morgan fingerprint density at radius 3 is 2.78 bits per heavy atom. The highest BCUT2D eigenvalue weighted by molar-refractivity contribution is 7.90. The second kappa shape index (κ2) is 6.33. The summed E-state index contributed by atoms with van der Waals surface area (Å²) in [4.78, 5) is 2.65. The van der Waals surface area contributed by atoms with Gasteiger partial charge < -0.3 is 4.74 Å². The van der Waals surface area contributed by atoms with Crippen molar-refractivity contribution in [1.82, 2.24) is 15.1 Å². The van der Waals surface area contributed by atoms with Crippen LogP contribution < -0.4 is 4.74 Å². The molecule has 1 aliphatic rings. The number of nitrogens with zero attached hydrogens (tertiary/aromatic N) is 2. The summed E-state index contributed by atoms with van der Waals surface area (Å²) in [5.74, 6) is 1.13. The molecule has 1 atom stereocenters. The van der Waals surface area contributed by atoms with Crippen LogP contribution in [-0.4, -0.2) is 49.5 Å². The minimum atomic E-state index is -3.16. The maximum atomic E-state index is 11.4. The number of aromatic amines is 1. The fourth-order valence-corrected chi connectivity index (χ4v) is 3.53. The smallest absolute Gasteiger partial charge is 0.175 e. The highest BCUT2D eigenvalue weighted by Crippen LogP contribution is 2.25. The predicted molar refractivity (Wildman–Crippen MR) is 87.3 cm³/mol. The molecule has 0 fully saturated rings. The Kier molecular flexibility index (Phi) is 4.41. The van der Waals surface area contributed by atoms with E-state index in [-0.39, 0.29) is 0 Å². The number of H-pyrrole nitrogens is 1. The molecule has 124 valence electrons. The summed E-state index contributed by atoms with van der Waals surface area (Å²) >= 11 is 0. The van der Waals surface area contributed by atoms with E-state index in [0.29, 0.717) is 23.2 Å². The van der Waals surface area contributed by atoms with E-state index in [0.717, 1.165) is 19.6 Å². The van der Waals surface area contributed by atoms with Crippen LogP contribution in [0.1, 0.15) is 24.1 Å². The highest BCUT2D eigenvalue weighted by atomic mass is 32.2. The van der Waals surface area contributed by atoms with E-state index in [1.165, 1.54) is 17.5 Å². The lowest BCUT2D eigenvalue weighted by molar-refractivity contribution is 0.185. The molecule has 1 unspecified atom stereocenters. The zero-order valence-corrected chi connectivity index (χ0v) is 14.1.